The van der Waals surface area contributed by atoms with Gasteiger partial charge in [0.25, 0.3) is 0 Å². The monoisotopic (exact) mass is 350 g/mol. The van der Waals surface area contributed by atoms with E-state index in [0.717, 1.165) is 25.0 Å². The maximum atomic E-state index is 12.3. The highest BCUT2D eigenvalue weighted by molar-refractivity contribution is 8.13. The third-order valence-electron chi connectivity index (χ3n) is 3.86. The van der Waals surface area contributed by atoms with E-state index in [1.165, 1.54) is 17.3 Å². The molecule has 1 aliphatic heterocycles. The zero-order chi connectivity index (χ0) is 17.6. The molecule has 0 bridgehead atoms. The van der Waals surface area contributed by atoms with Gasteiger partial charge in [0.1, 0.15) is 5.60 Å². The van der Waals surface area contributed by atoms with Crippen LogP contribution in [0.3, 0.4) is 0 Å². The molecule has 24 heavy (non-hydrogen) atoms. The molecule has 1 fully saturated rings. The fourth-order valence-electron chi connectivity index (χ4n) is 2.56. The lowest BCUT2D eigenvalue weighted by Gasteiger charge is -2.32. The van der Waals surface area contributed by atoms with Gasteiger partial charge in [0.15, 0.2) is 5.12 Å². The molecule has 1 aliphatic rings. The van der Waals surface area contributed by atoms with Crippen molar-refractivity contribution in [2.24, 2.45) is 5.92 Å². The van der Waals surface area contributed by atoms with Crippen molar-refractivity contribution < 1.29 is 14.3 Å². The van der Waals surface area contributed by atoms with Gasteiger partial charge in [-0.15, -0.1) is 0 Å². The fourth-order valence-corrected chi connectivity index (χ4v) is 3.57. The summed E-state index contributed by atoms with van der Waals surface area (Å²) in [6, 6.07) is 3.95. The summed E-state index contributed by atoms with van der Waals surface area (Å²) < 4.78 is 5.38. The first-order valence-corrected chi connectivity index (χ1v) is 9.37. The average Bonchev–Trinajstić information content (AvgIpc) is 2.54. The van der Waals surface area contributed by atoms with Crippen LogP contribution in [0.1, 0.15) is 39.2 Å². The summed E-state index contributed by atoms with van der Waals surface area (Å²) in [6.45, 7) is 6.77. The van der Waals surface area contributed by atoms with Gasteiger partial charge in [0, 0.05) is 37.2 Å². The Labute approximate surface area is 148 Å². The number of nitrogens with zero attached hydrogens (tertiary/aromatic N) is 2. The minimum Gasteiger partial charge on any atom is -0.444 e. The maximum Gasteiger partial charge on any atom is 0.410 e. The van der Waals surface area contributed by atoms with E-state index in [2.05, 4.69) is 4.98 Å². The Hall–Kier alpha value is -1.56. The molecule has 1 aromatic heterocycles. The fraction of sp³-hybridized carbons (Fsp3) is 0.611. The van der Waals surface area contributed by atoms with Crippen LogP contribution in [0.2, 0.25) is 0 Å². The van der Waals surface area contributed by atoms with Crippen molar-refractivity contribution in [2.45, 2.75) is 45.6 Å². The van der Waals surface area contributed by atoms with Gasteiger partial charge in [-0.05, 0) is 57.7 Å². The molecular weight excluding hydrogens is 324 g/mol. The van der Waals surface area contributed by atoms with E-state index >= 15 is 0 Å². The minimum atomic E-state index is -0.480. The molecule has 132 valence electrons. The standard InChI is InChI=1S/C18H26N2O3S/c1-18(2,3)23-17(22)20-11-6-15(7-12-20)16(21)24-13-8-14-4-9-19-10-5-14/h4-5,9-10,15H,6-8,11-13H2,1-3H3. The highest BCUT2D eigenvalue weighted by Crippen LogP contribution is 2.25. The molecular formula is C18H26N2O3S. The lowest BCUT2D eigenvalue weighted by Crippen LogP contribution is -2.42. The second-order valence-electron chi connectivity index (χ2n) is 7.01. The van der Waals surface area contributed by atoms with Crippen LogP contribution in [0.5, 0.6) is 0 Å². The Morgan fingerprint density at radius 3 is 2.46 bits per heavy atom. The topological polar surface area (TPSA) is 59.5 Å². The molecule has 2 rings (SSSR count). The molecule has 2 heterocycles. The number of amides is 1. The molecule has 0 saturated carbocycles. The number of hydrogen-bond acceptors (Lipinski definition) is 5. The predicted molar refractivity (Wildman–Crippen MR) is 95.9 cm³/mol. The first kappa shape index (κ1) is 18.8. The van der Waals surface area contributed by atoms with Crippen LogP contribution >= 0.6 is 11.8 Å². The minimum absolute atomic E-state index is 0.0473. The van der Waals surface area contributed by atoms with Crippen LogP contribution in [0.4, 0.5) is 4.79 Å². The van der Waals surface area contributed by atoms with E-state index in [9.17, 15) is 9.59 Å². The van der Waals surface area contributed by atoms with Crippen LogP contribution in [0.25, 0.3) is 0 Å². The van der Waals surface area contributed by atoms with Crippen molar-refractivity contribution in [1.29, 1.82) is 0 Å². The molecule has 1 saturated heterocycles. The van der Waals surface area contributed by atoms with E-state index in [4.69, 9.17) is 4.74 Å². The van der Waals surface area contributed by atoms with Crippen molar-refractivity contribution in [3.63, 3.8) is 0 Å². The summed E-state index contributed by atoms with van der Waals surface area (Å²) in [5.41, 5.74) is 0.720. The Morgan fingerprint density at radius 1 is 1.25 bits per heavy atom. The molecule has 5 nitrogen and oxygen atoms in total. The van der Waals surface area contributed by atoms with E-state index < -0.39 is 5.60 Å². The van der Waals surface area contributed by atoms with Crippen molar-refractivity contribution in [3.8, 4) is 0 Å². The molecule has 0 aliphatic carbocycles. The van der Waals surface area contributed by atoms with E-state index in [0.29, 0.717) is 13.1 Å². The zero-order valence-electron chi connectivity index (χ0n) is 14.7. The first-order valence-electron chi connectivity index (χ1n) is 8.38. The molecule has 0 N–H and O–H groups in total. The second-order valence-corrected chi connectivity index (χ2v) is 8.11. The average molecular weight is 350 g/mol. The first-order chi connectivity index (χ1) is 11.3. The van der Waals surface area contributed by atoms with Crippen LogP contribution < -0.4 is 0 Å². The smallest absolute Gasteiger partial charge is 0.410 e. The number of carbonyl (C=O) groups is 2. The van der Waals surface area contributed by atoms with Gasteiger partial charge in [-0.3, -0.25) is 9.78 Å². The molecule has 1 amide bonds. The molecule has 0 radical (unpaired) electrons. The third kappa shape index (κ3) is 6.15. The van der Waals surface area contributed by atoms with Gasteiger partial charge >= 0.3 is 6.09 Å². The Morgan fingerprint density at radius 2 is 1.88 bits per heavy atom. The molecule has 6 heteroatoms. The zero-order valence-corrected chi connectivity index (χ0v) is 15.5. The van der Waals surface area contributed by atoms with Gasteiger partial charge in [-0.2, -0.15) is 0 Å². The Bertz CT molecular complexity index is 549. The number of hydrogen-bond donors (Lipinski definition) is 0. The van der Waals surface area contributed by atoms with Crippen molar-refractivity contribution in [3.05, 3.63) is 30.1 Å². The quantitative estimate of drug-likeness (QED) is 0.831. The molecule has 0 aromatic carbocycles. The molecule has 0 spiro atoms. The largest absolute Gasteiger partial charge is 0.444 e. The molecule has 0 unspecified atom stereocenters. The molecule has 0 atom stereocenters. The van der Waals surface area contributed by atoms with Crippen molar-refractivity contribution >= 4 is 23.0 Å². The summed E-state index contributed by atoms with van der Waals surface area (Å²) >= 11 is 1.40. The summed E-state index contributed by atoms with van der Waals surface area (Å²) in [5, 5.41) is 0.243. The number of aromatic nitrogens is 1. The molecule has 1 aromatic rings. The van der Waals surface area contributed by atoms with E-state index in [1.807, 2.05) is 32.9 Å². The van der Waals surface area contributed by atoms with Gasteiger partial charge in [-0.25, -0.2) is 4.79 Å². The SMILES string of the molecule is CC(C)(C)OC(=O)N1CCC(C(=O)SCCc2ccncc2)CC1. The lowest BCUT2D eigenvalue weighted by atomic mass is 9.99. The van der Waals surface area contributed by atoms with Crippen LogP contribution in [0, 0.1) is 5.92 Å². The lowest BCUT2D eigenvalue weighted by molar-refractivity contribution is -0.115. The normalized spacial score (nSPS) is 16.0. The number of rotatable bonds is 4. The van der Waals surface area contributed by atoms with Crippen molar-refractivity contribution in [1.82, 2.24) is 9.88 Å². The highest BCUT2D eigenvalue weighted by atomic mass is 32.2. The van der Waals surface area contributed by atoms with Gasteiger partial charge in [-0.1, -0.05) is 11.8 Å². The number of pyridine rings is 1. The summed E-state index contributed by atoms with van der Waals surface area (Å²) in [7, 11) is 0. The summed E-state index contributed by atoms with van der Waals surface area (Å²) in [5.74, 6) is 0.834. The van der Waals surface area contributed by atoms with E-state index in [-0.39, 0.29) is 17.1 Å². The van der Waals surface area contributed by atoms with Crippen LogP contribution in [0.15, 0.2) is 24.5 Å². The third-order valence-corrected chi connectivity index (χ3v) is 4.89. The van der Waals surface area contributed by atoms with Crippen LogP contribution in [-0.4, -0.2) is 45.5 Å². The Kier molecular flexibility index (Phi) is 6.66. The van der Waals surface area contributed by atoms with Gasteiger partial charge < -0.3 is 9.64 Å². The number of thioether (sulfide) groups is 1. The van der Waals surface area contributed by atoms with E-state index in [1.54, 1.807) is 17.3 Å². The van der Waals surface area contributed by atoms with Gasteiger partial charge in [0.05, 0.1) is 0 Å². The Balaban J connectivity index is 1.70. The number of piperidine rings is 1. The van der Waals surface area contributed by atoms with Gasteiger partial charge in [0.2, 0.25) is 0 Å². The van der Waals surface area contributed by atoms with Crippen molar-refractivity contribution in [2.75, 3.05) is 18.8 Å². The summed E-state index contributed by atoms with van der Waals surface area (Å²) in [6.07, 6.45) is 5.58. The predicted octanol–water partition coefficient (Wildman–Crippen LogP) is 3.53. The number of aryl methyl sites for hydroxylation is 1. The number of carbonyl (C=O) groups excluding carboxylic acids is 2. The van der Waals surface area contributed by atoms with Crippen LogP contribution in [-0.2, 0) is 16.0 Å². The second kappa shape index (κ2) is 8.51. The highest BCUT2D eigenvalue weighted by Gasteiger charge is 2.29. The number of ether oxygens (including phenoxy) is 1. The number of likely N-dealkylation sites (tertiary alicyclic amines) is 1. The maximum absolute atomic E-state index is 12.3. The summed E-state index contributed by atoms with van der Waals surface area (Å²) in [4.78, 5) is 30.0.